The molecule has 6 heteroatoms. The Labute approximate surface area is 133 Å². The highest BCUT2D eigenvalue weighted by Crippen LogP contribution is 2.40. The summed E-state index contributed by atoms with van der Waals surface area (Å²) in [7, 11) is -1.76. The lowest BCUT2D eigenvalue weighted by molar-refractivity contribution is 0.201. The summed E-state index contributed by atoms with van der Waals surface area (Å²) >= 11 is 1.71. The molecule has 1 saturated carbocycles. The molecule has 0 aromatic carbocycles. The lowest BCUT2D eigenvalue weighted by Gasteiger charge is -2.37. The quantitative estimate of drug-likeness (QED) is 0.833. The van der Waals surface area contributed by atoms with Gasteiger partial charge in [-0.25, -0.2) is 0 Å². The summed E-state index contributed by atoms with van der Waals surface area (Å²) in [6, 6.07) is 0.406. The Morgan fingerprint density at radius 1 is 1.33 bits per heavy atom. The minimum absolute atomic E-state index is 0.0424. The van der Waals surface area contributed by atoms with Gasteiger partial charge in [-0.05, 0) is 43.8 Å². The maximum Gasteiger partial charge on any atom is 0.193 e. The molecule has 2 N–H and O–H groups in total. The summed E-state index contributed by atoms with van der Waals surface area (Å²) in [5.41, 5.74) is 5.84. The van der Waals surface area contributed by atoms with Crippen molar-refractivity contribution in [2.45, 2.75) is 77.2 Å². The van der Waals surface area contributed by atoms with Gasteiger partial charge in [0.2, 0.25) is 0 Å². The number of nitrogens with two attached hydrogens (primary N) is 1. The van der Waals surface area contributed by atoms with Crippen molar-refractivity contribution in [3.05, 3.63) is 10.0 Å². The van der Waals surface area contributed by atoms with Gasteiger partial charge in [-0.3, -0.25) is 0 Å². The van der Waals surface area contributed by atoms with E-state index in [2.05, 4.69) is 51.0 Å². The number of nitrogens with zero attached hydrogens (tertiary/aromatic N) is 2. The fourth-order valence-electron chi connectivity index (χ4n) is 2.38. The van der Waals surface area contributed by atoms with Gasteiger partial charge in [-0.15, -0.1) is 10.2 Å². The van der Waals surface area contributed by atoms with Crippen LogP contribution in [0.15, 0.2) is 0 Å². The molecule has 0 bridgehead atoms. The van der Waals surface area contributed by atoms with Crippen LogP contribution >= 0.6 is 11.3 Å². The number of rotatable bonds is 5. The predicted octanol–water partition coefficient (Wildman–Crippen LogP) is 3.90. The van der Waals surface area contributed by atoms with E-state index in [9.17, 15) is 0 Å². The van der Waals surface area contributed by atoms with E-state index in [0.29, 0.717) is 12.0 Å². The highest BCUT2D eigenvalue weighted by molar-refractivity contribution is 7.11. The van der Waals surface area contributed by atoms with Crippen molar-refractivity contribution in [1.29, 1.82) is 0 Å². The predicted molar refractivity (Wildman–Crippen MR) is 91.0 cm³/mol. The van der Waals surface area contributed by atoms with Crippen LogP contribution in [-0.4, -0.2) is 24.6 Å². The van der Waals surface area contributed by atoms with Crippen molar-refractivity contribution in [3.63, 3.8) is 0 Å². The molecule has 0 unspecified atom stereocenters. The van der Waals surface area contributed by atoms with Crippen molar-refractivity contribution < 1.29 is 4.43 Å². The molecule has 1 fully saturated rings. The molecule has 0 aliphatic heterocycles. The zero-order valence-electron chi connectivity index (χ0n) is 14.1. The van der Waals surface area contributed by atoms with Crippen LogP contribution in [-0.2, 0) is 10.8 Å². The molecule has 1 heterocycles. The SMILES string of the molecule is C[C@@H](O[Si](C)(C)C(C)(C)C)c1nnc(CC2CC(N)C2)s1. The van der Waals surface area contributed by atoms with Crippen LogP contribution in [0.5, 0.6) is 0 Å². The van der Waals surface area contributed by atoms with Crippen LogP contribution in [0.2, 0.25) is 18.1 Å². The third-order valence-electron chi connectivity index (χ3n) is 4.84. The maximum atomic E-state index is 6.39. The van der Waals surface area contributed by atoms with Gasteiger partial charge in [0, 0.05) is 12.5 Å². The van der Waals surface area contributed by atoms with Gasteiger partial charge >= 0.3 is 0 Å². The summed E-state index contributed by atoms with van der Waals surface area (Å²) in [5, 5.41) is 11.1. The normalized spacial score (nSPS) is 24.7. The van der Waals surface area contributed by atoms with Crippen LogP contribution in [0, 0.1) is 5.92 Å². The number of hydrogen-bond acceptors (Lipinski definition) is 5. The molecule has 1 aliphatic rings. The largest absolute Gasteiger partial charge is 0.408 e. The molecular weight excluding hydrogens is 298 g/mol. The molecule has 1 aromatic rings. The molecule has 1 aliphatic carbocycles. The van der Waals surface area contributed by atoms with E-state index in [-0.39, 0.29) is 11.1 Å². The second kappa shape index (κ2) is 6.06. The first-order valence-corrected chi connectivity index (χ1v) is 11.6. The average Bonchev–Trinajstić information content (AvgIpc) is 2.73. The molecule has 0 amide bonds. The molecule has 1 aromatic heterocycles. The lowest BCUT2D eigenvalue weighted by atomic mass is 9.79. The fourth-order valence-corrected chi connectivity index (χ4v) is 4.76. The Balaban J connectivity index is 1.94. The fraction of sp³-hybridized carbons (Fsp3) is 0.867. The zero-order valence-corrected chi connectivity index (χ0v) is 16.0. The first-order valence-electron chi connectivity index (χ1n) is 7.84. The van der Waals surface area contributed by atoms with Gasteiger partial charge in [0.25, 0.3) is 0 Å². The van der Waals surface area contributed by atoms with Crippen LogP contribution < -0.4 is 5.73 Å². The minimum atomic E-state index is -1.76. The zero-order chi connectivity index (χ0) is 15.8. The monoisotopic (exact) mass is 327 g/mol. The van der Waals surface area contributed by atoms with E-state index in [1.54, 1.807) is 11.3 Å². The molecule has 4 nitrogen and oxygen atoms in total. The first-order chi connectivity index (χ1) is 9.58. The third kappa shape index (κ3) is 4.12. The van der Waals surface area contributed by atoms with E-state index in [4.69, 9.17) is 10.2 Å². The molecular formula is C15H29N3OSSi. The van der Waals surface area contributed by atoms with Crippen LogP contribution in [0.4, 0.5) is 0 Å². The summed E-state index contributed by atoms with van der Waals surface area (Å²) in [6.07, 6.45) is 3.33. The van der Waals surface area contributed by atoms with Crippen molar-refractivity contribution in [3.8, 4) is 0 Å². The third-order valence-corrected chi connectivity index (χ3v) is 10.5. The average molecular weight is 328 g/mol. The molecule has 21 heavy (non-hydrogen) atoms. The maximum absolute atomic E-state index is 6.39. The standard InChI is InChI=1S/C15H29N3OSSi/c1-10(19-21(5,6)15(2,3)4)14-18-17-13(20-14)9-11-7-12(16)8-11/h10-12H,7-9,16H2,1-6H3/t10-,11?,12?/m1/s1. The number of aromatic nitrogens is 2. The van der Waals surface area contributed by atoms with Gasteiger partial charge < -0.3 is 10.2 Å². The Morgan fingerprint density at radius 3 is 2.48 bits per heavy atom. The second-order valence-corrected chi connectivity index (χ2v) is 13.7. The van der Waals surface area contributed by atoms with Gasteiger partial charge in [-0.2, -0.15) is 0 Å². The van der Waals surface area contributed by atoms with Crippen molar-refractivity contribution in [2.24, 2.45) is 11.7 Å². The van der Waals surface area contributed by atoms with Gasteiger partial charge in [0.1, 0.15) is 10.0 Å². The van der Waals surface area contributed by atoms with Crippen molar-refractivity contribution >= 4 is 19.7 Å². The van der Waals surface area contributed by atoms with Crippen molar-refractivity contribution in [1.82, 2.24) is 10.2 Å². The lowest BCUT2D eigenvalue weighted by Crippen LogP contribution is -2.41. The molecule has 0 radical (unpaired) electrons. The summed E-state index contributed by atoms with van der Waals surface area (Å²) in [5.74, 6) is 0.706. The van der Waals surface area contributed by atoms with Gasteiger partial charge in [0.05, 0.1) is 6.10 Å². The highest BCUT2D eigenvalue weighted by atomic mass is 32.1. The summed E-state index contributed by atoms with van der Waals surface area (Å²) in [4.78, 5) is 0. The van der Waals surface area contributed by atoms with E-state index < -0.39 is 8.32 Å². The van der Waals surface area contributed by atoms with Crippen LogP contribution in [0.1, 0.15) is 56.7 Å². The van der Waals surface area contributed by atoms with Crippen LogP contribution in [0.25, 0.3) is 0 Å². The molecule has 0 spiro atoms. The number of hydrogen-bond donors (Lipinski definition) is 1. The second-order valence-electron chi connectivity index (χ2n) is 7.86. The highest BCUT2D eigenvalue weighted by Gasteiger charge is 2.39. The topological polar surface area (TPSA) is 61.0 Å². The van der Waals surface area contributed by atoms with Crippen molar-refractivity contribution in [2.75, 3.05) is 0 Å². The Hall–Kier alpha value is -0.303. The van der Waals surface area contributed by atoms with E-state index in [0.717, 1.165) is 29.3 Å². The molecule has 0 saturated heterocycles. The van der Waals surface area contributed by atoms with E-state index in [1.165, 1.54) is 0 Å². The van der Waals surface area contributed by atoms with Crippen LogP contribution in [0.3, 0.4) is 0 Å². The molecule has 1 atom stereocenters. The van der Waals surface area contributed by atoms with Gasteiger partial charge in [-0.1, -0.05) is 32.1 Å². The summed E-state index contributed by atoms with van der Waals surface area (Å²) in [6.45, 7) is 13.4. The smallest absolute Gasteiger partial charge is 0.193 e. The Kier molecular flexibility index (Phi) is 4.93. The molecule has 2 rings (SSSR count). The Morgan fingerprint density at radius 2 is 1.95 bits per heavy atom. The first kappa shape index (κ1) is 17.1. The van der Waals surface area contributed by atoms with E-state index >= 15 is 0 Å². The Bertz CT molecular complexity index is 478. The van der Waals surface area contributed by atoms with E-state index in [1.807, 2.05) is 0 Å². The minimum Gasteiger partial charge on any atom is -0.408 e. The van der Waals surface area contributed by atoms with Gasteiger partial charge in [0.15, 0.2) is 8.32 Å². The molecule has 120 valence electrons. The summed E-state index contributed by atoms with van der Waals surface area (Å²) < 4.78 is 6.39.